The quantitative estimate of drug-likeness (QED) is 0.650. The van der Waals surface area contributed by atoms with Crippen LogP contribution in [0.25, 0.3) is 0 Å². The third-order valence-corrected chi connectivity index (χ3v) is 2.89. The van der Waals surface area contributed by atoms with Crippen molar-refractivity contribution in [3.8, 4) is 0 Å². The van der Waals surface area contributed by atoms with Gasteiger partial charge in [0.2, 0.25) is 0 Å². The van der Waals surface area contributed by atoms with E-state index in [-0.39, 0.29) is 23.5 Å². The highest BCUT2D eigenvalue weighted by Gasteiger charge is 2.28. The molecule has 5 nitrogen and oxygen atoms in total. The molecule has 1 aliphatic heterocycles. The van der Waals surface area contributed by atoms with Gasteiger partial charge in [-0.15, -0.1) is 0 Å². The van der Waals surface area contributed by atoms with Gasteiger partial charge in [0.1, 0.15) is 5.69 Å². The summed E-state index contributed by atoms with van der Waals surface area (Å²) in [6.07, 6.45) is 0.640. The molecule has 6 heteroatoms. The summed E-state index contributed by atoms with van der Waals surface area (Å²) in [6, 6.07) is 3.72. The molecule has 1 saturated heterocycles. The van der Waals surface area contributed by atoms with Crippen molar-refractivity contribution in [2.24, 2.45) is 0 Å². The number of benzene rings is 1. The number of hydrogen-bond donors (Lipinski definition) is 1. The van der Waals surface area contributed by atoms with Crippen LogP contribution in [0.3, 0.4) is 0 Å². The number of hydrogen-bond acceptors (Lipinski definition) is 4. The first-order valence-electron chi connectivity index (χ1n) is 5.40. The Balaban J connectivity index is 2.27. The molecule has 1 fully saturated rings. The molecule has 1 aromatic carbocycles. The highest BCUT2D eigenvalue weighted by atomic mass is 19.1. The zero-order valence-corrected chi connectivity index (χ0v) is 9.35. The fraction of sp³-hybridized carbons (Fsp3) is 0.455. The lowest BCUT2D eigenvalue weighted by Crippen LogP contribution is -2.27. The van der Waals surface area contributed by atoms with E-state index in [4.69, 9.17) is 4.74 Å². The molecule has 1 aromatic rings. The largest absolute Gasteiger partial charge is 0.376 e. The predicted octanol–water partition coefficient (Wildman–Crippen LogP) is 2.32. The number of rotatable bonds is 3. The van der Waals surface area contributed by atoms with E-state index in [9.17, 15) is 14.5 Å². The molecule has 0 saturated carbocycles. The number of nitro groups is 1. The van der Waals surface area contributed by atoms with Crippen LogP contribution in [0, 0.1) is 15.9 Å². The summed E-state index contributed by atoms with van der Waals surface area (Å²) in [6.45, 7) is 2.44. The van der Waals surface area contributed by atoms with Crippen LogP contribution in [0.15, 0.2) is 18.2 Å². The number of nitrogens with zero attached hydrogens (tertiary/aromatic N) is 1. The molecular weight excluding hydrogens is 227 g/mol. The van der Waals surface area contributed by atoms with Crippen molar-refractivity contribution in [2.45, 2.75) is 25.5 Å². The fourth-order valence-corrected chi connectivity index (χ4v) is 1.91. The van der Waals surface area contributed by atoms with E-state index < -0.39 is 10.7 Å². The minimum Gasteiger partial charge on any atom is -0.376 e. The van der Waals surface area contributed by atoms with Crippen LogP contribution in [0.5, 0.6) is 0 Å². The van der Waals surface area contributed by atoms with Crippen LogP contribution < -0.4 is 5.32 Å². The monoisotopic (exact) mass is 240 g/mol. The summed E-state index contributed by atoms with van der Waals surface area (Å²) < 4.78 is 18.9. The van der Waals surface area contributed by atoms with Crippen molar-refractivity contribution in [3.63, 3.8) is 0 Å². The molecule has 0 spiro atoms. The summed E-state index contributed by atoms with van der Waals surface area (Å²) >= 11 is 0. The van der Waals surface area contributed by atoms with Crippen LogP contribution in [-0.4, -0.2) is 23.7 Å². The number of anilines is 1. The van der Waals surface area contributed by atoms with Gasteiger partial charge in [0.05, 0.1) is 17.1 Å². The number of nitrogens with one attached hydrogen (secondary N) is 1. The first-order valence-corrected chi connectivity index (χ1v) is 5.40. The molecular formula is C11H13FN2O3. The van der Waals surface area contributed by atoms with E-state index in [0.717, 1.165) is 0 Å². The highest BCUT2D eigenvalue weighted by Crippen LogP contribution is 2.29. The van der Waals surface area contributed by atoms with Gasteiger partial charge in [-0.05, 0) is 19.4 Å². The van der Waals surface area contributed by atoms with Crippen molar-refractivity contribution >= 4 is 11.4 Å². The lowest BCUT2D eigenvalue weighted by molar-refractivity contribution is -0.384. The minimum atomic E-state index is -0.613. The Hall–Kier alpha value is -1.69. The molecule has 2 unspecified atom stereocenters. The van der Waals surface area contributed by atoms with Crippen molar-refractivity contribution in [1.82, 2.24) is 0 Å². The maximum Gasteiger partial charge on any atom is 0.295 e. The fourth-order valence-electron chi connectivity index (χ4n) is 1.91. The van der Waals surface area contributed by atoms with Gasteiger partial charge >= 0.3 is 0 Å². The van der Waals surface area contributed by atoms with Crippen LogP contribution in [0.4, 0.5) is 15.8 Å². The lowest BCUT2D eigenvalue weighted by Gasteiger charge is -2.17. The maximum absolute atomic E-state index is 13.6. The average Bonchev–Trinajstić information content (AvgIpc) is 2.67. The zero-order valence-electron chi connectivity index (χ0n) is 9.35. The van der Waals surface area contributed by atoms with Crippen LogP contribution >= 0.6 is 0 Å². The van der Waals surface area contributed by atoms with E-state index in [2.05, 4.69) is 5.32 Å². The van der Waals surface area contributed by atoms with E-state index in [1.54, 1.807) is 0 Å². The van der Waals surface area contributed by atoms with Gasteiger partial charge in [-0.25, -0.2) is 4.39 Å². The second-order valence-electron chi connectivity index (χ2n) is 4.01. The molecule has 0 radical (unpaired) electrons. The molecule has 0 aliphatic carbocycles. The normalized spacial score (nSPS) is 23.6. The molecule has 1 heterocycles. The summed E-state index contributed by atoms with van der Waals surface area (Å²) in [5.41, 5.74) is -0.302. The van der Waals surface area contributed by atoms with E-state index >= 15 is 0 Å². The smallest absolute Gasteiger partial charge is 0.295 e. The van der Waals surface area contributed by atoms with Crippen molar-refractivity contribution in [2.75, 3.05) is 11.9 Å². The van der Waals surface area contributed by atoms with Gasteiger partial charge in [-0.3, -0.25) is 10.1 Å². The maximum atomic E-state index is 13.6. The Labute approximate surface area is 97.7 Å². The SMILES string of the molecule is CC1OCCC1Nc1c(F)cccc1[N+](=O)[O-]. The Morgan fingerprint density at radius 3 is 2.94 bits per heavy atom. The first kappa shape index (κ1) is 11.8. The molecule has 2 rings (SSSR count). The third kappa shape index (κ3) is 2.36. The predicted molar refractivity (Wildman–Crippen MR) is 60.5 cm³/mol. The van der Waals surface area contributed by atoms with Crippen LogP contribution in [-0.2, 0) is 4.74 Å². The summed E-state index contributed by atoms with van der Waals surface area (Å²) in [5, 5.41) is 13.7. The summed E-state index contributed by atoms with van der Waals surface area (Å²) in [4.78, 5) is 10.2. The zero-order chi connectivity index (χ0) is 12.4. The molecule has 0 bridgehead atoms. The number of ether oxygens (including phenoxy) is 1. The van der Waals surface area contributed by atoms with Crippen molar-refractivity contribution < 1.29 is 14.1 Å². The average molecular weight is 240 g/mol. The Morgan fingerprint density at radius 1 is 1.59 bits per heavy atom. The van der Waals surface area contributed by atoms with E-state index in [1.807, 2.05) is 6.92 Å². The minimum absolute atomic E-state index is 0.0557. The van der Waals surface area contributed by atoms with Crippen molar-refractivity contribution in [3.05, 3.63) is 34.1 Å². The molecule has 0 aromatic heterocycles. The second-order valence-corrected chi connectivity index (χ2v) is 4.01. The molecule has 1 N–H and O–H groups in total. The van der Waals surface area contributed by atoms with Crippen LogP contribution in [0.1, 0.15) is 13.3 Å². The third-order valence-electron chi connectivity index (χ3n) is 2.89. The molecule has 92 valence electrons. The van der Waals surface area contributed by atoms with Crippen LogP contribution in [0.2, 0.25) is 0 Å². The first-order chi connectivity index (χ1) is 8.09. The lowest BCUT2D eigenvalue weighted by atomic mass is 10.1. The number of nitro benzene ring substituents is 1. The summed E-state index contributed by atoms with van der Waals surface area (Å²) in [7, 11) is 0. The Bertz CT molecular complexity index is 439. The van der Waals surface area contributed by atoms with E-state index in [0.29, 0.717) is 13.0 Å². The van der Waals surface area contributed by atoms with Gasteiger partial charge < -0.3 is 10.1 Å². The van der Waals surface area contributed by atoms with Gasteiger partial charge in [-0.2, -0.15) is 0 Å². The van der Waals surface area contributed by atoms with Crippen molar-refractivity contribution in [1.29, 1.82) is 0 Å². The molecule has 0 amide bonds. The van der Waals surface area contributed by atoms with Gasteiger partial charge in [-0.1, -0.05) is 6.07 Å². The topological polar surface area (TPSA) is 64.4 Å². The number of halogens is 1. The van der Waals surface area contributed by atoms with Gasteiger partial charge in [0.15, 0.2) is 5.82 Å². The molecule has 17 heavy (non-hydrogen) atoms. The molecule has 2 atom stereocenters. The van der Waals surface area contributed by atoms with Gasteiger partial charge in [0.25, 0.3) is 5.69 Å². The molecule has 1 aliphatic rings. The highest BCUT2D eigenvalue weighted by molar-refractivity contribution is 5.62. The second kappa shape index (κ2) is 4.67. The number of para-hydroxylation sites is 1. The summed E-state index contributed by atoms with van der Waals surface area (Å²) in [5.74, 6) is -0.613. The van der Waals surface area contributed by atoms with E-state index in [1.165, 1.54) is 18.2 Å². The Kier molecular flexibility index (Phi) is 3.23. The standard InChI is InChI=1S/C11H13FN2O3/c1-7-9(5-6-17-7)13-11-8(12)3-2-4-10(11)14(15)16/h2-4,7,9,13H,5-6H2,1H3. The Morgan fingerprint density at radius 2 is 2.35 bits per heavy atom. The van der Waals surface area contributed by atoms with Gasteiger partial charge in [0, 0.05) is 12.7 Å².